The number of aromatic nitrogens is 2. The van der Waals surface area contributed by atoms with Crippen molar-refractivity contribution in [2.75, 3.05) is 0 Å². The molecule has 2 rings (SSSR count). The first kappa shape index (κ1) is 11.5. The van der Waals surface area contributed by atoms with Gasteiger partial charge in [0, 0.05) is 24.5 Å². The molecule has 1 aromatic carbocycles. The summed E-state index contributed by atoms with van der Waals surface area (Å²) >= 11 is 0. The van der Waals surface area contributed by atoms with E-state index in [1.54, 1.807) is 12.5 Å². The second-order valence-corrected chi connectivity index (χ2v) is 3.20. The van der Waals surface area contributed by atoms with Crippen LogP contribution < -0.4 is 0 Å². The molecule has 2 aromatic rings. The van der Waals surface area contributed by atoms with E-state index in [4.69, 9.17) is 0 Å². The molecule has 1 heterocycles. The van der Waals surface area contributed by atoms with Gasteiger partial charge in [0.15, 0.2) is 0 Å². The normalized spacial score (nSPS) is 9.33. The van der Waals surface area contributed by atoms with Gasteiger partial charge in [-0.15, -0.1) is 12.4 Å². The molecule has 0 radical (unpaired) electrons. The molecule has 0 aliphatic rings. The first-order chi connectivity index (χ1) is 6.86. The lowest BCUT2D eigenvalue weighted by Gasteiger charge is -2.05. The fourth-order valence-electron chi connectivity index (χ4n) is 1.37. The summed E-state index contributed by atoms with van der Waals surface area (Å²) in [4.78, 5) is 3.99. The Morgan fingerprint density at radius 3 is 2.60 bits per heavy atom. The Kier molecular flexibility index (Phi) is 4.13. The molecule has 0 unspecified atom stereocenters. The quantitative estimate of drug-likeness (QED) is 0.778. The van der Waals surface area contributed by atoms with E-state index in [1.165, 1.54) is 5.56 Å². The number of nitrogens with zero attached hydrogens (tertiary/aromatic N) is 2. The Hall–Kier alpha value is -1.54. The highest BCUT2D eigenvalue weighted by molar-refractivity contribution is 5.85. The van der Waals surface area contributed by atoms with Crippen molar-refractivity contribution in [3.8, 4) is 0 Å². The summed E-state index contributed by atoms with van der Waals surface area (Å²) in [6, 6.07) is 10.3. The van der Waals surface area contributed by atoms with Crippen LogP contribution in [0.3, 0.4) is 0 Å². The largest absolute Gasteiger partial charge is 0.310 e. The summed E-state index contributed by atoms with van der Waals surface area (Å²) in [5.41, 5.74) is 2.31. The predicted molar refractivity (Wildman–Crippen MR) is 65.0 cm³/mol. The van der Waals surface area contributed by atoms with Crippen molar-refractivity contribution in [1.29, 1.82) is 0 Å². The number of hydrogen-bond donors (Lipinski definition) is 0. The summed E-state index contributed by atoms with van der Waals surface area (Å²) in [6.45, 7) is 4.02. The van der Waals surface area contributed by atoms with Crippen molar-refractivity contribution in [2.45, 2.75) is 6.42 Å². The molecule has 0 bridgehead atoms. The third-order valence-electron chi connectivity index (χ3n) is 2.12. The molecule has 0 fully saturated rings. The predicted octanol–water partition coefficient (Wildman–Crippen LogP) is 3.02. The molecular weight excluding hydrogens is 208 g/mol. The molecule has 3 heteroatoms. The Balaban J connectivity index is 0.00000112. The van der Waals surface area contributed by atoms with Crippen LogP contribution >= 0.6 is 12.4 Å². The van der Waals surface area contributed by atoms with Crippen LogP contribution in [0.4, 0.5) is 0 Å². The summed E-state index contributed by atoms with van der Waals surface area (Å²) in [7, 11) is 0. The van der Waals surface area contributed by atoms with Gasteiger partial charge in [0.1, 0.15) is 0 Å². The van der Waals surface area contributed by atoms with Gasteiger partial charge in [-0.05, 0) is 5.56 Å². The molecule has 15 heavy (non-hydrogen) atoms. The van der Waals surface area contributed by atoms with Gasteiger partial charge in [-0.2, -0.15) is 0 Å². The van der Waals surface area contributed by atoms with E-state index < -0.39 is 0 Å². The van der Waals surface area contributed by atoms with Crippen LogP contribution in [0.5, 0.6) is 0 Å². The zero-order chi connectivity index (χ0) is 9.80. The molecule has 0 atom stereocenters. The number of imidazole rings is 1. The third kappa shape index (κ3) is 2.96. The molecular formula is C12H13ClN2. The average Bonchev–Trinajstić information content (AvgIpc) is 2.72. The van der Waals surface area contributed by atoms with Crippen LogP contribution in [0.15, 0.2) is 55.6 Å². The maximum atomic E-state index is 4.02. The highest BCUT2D eigenvalue weighted by Gasteiger charge is 1.97. The number of benzene rings is 1. The topological polar surface area (TPSA) is 17.8 Å². The van der Waals surface area contributed by atoms with E-state index >= 15 is 0 Å². The first-order valence-electron chi connectivity index (χ1n) is 4.56. The smallest absolute Gasteiger partial charge is 0.0989 e. The molecule has 0 aliphatic carbocycles. The van der Waals surface area contributed by atoms with Crippen LogP contribution in [-0.2, 0) is 6.42 Å². The second-order valence-electron chi connectivity index (χ2n) is 3.20. The Bertz CT molecular complexity index is 406. The van der Waals surface area contributed by atoms with E-state index in [-0.39, 0.29) is 12.4 Å². The lowest BCUT2D eigenvalue weighted by Crippen LogP contribution is -1.95. The minimum Gasteiger partial charge on any atom is -0.310 e. The lowest BCUT2D eigenvalue weighted by molar-refractivity contribution is 1.03. The Morgan fingerprint density at radius 1 is 1.27 bits per heavy atom. The van der Waals surface area contributed by atoms with Crippen molar-refractivity contribution in [2.24, 2.45) is 0 Å². The van der Waals surface area contributed by atoms with Gasteiger partial charge in [0.05, 0.1) is 6.33 Å². The molecule has 1 aromatic heterocycles. The van der Waals surface area contributed by atoms with Crippen molar-refractivity contribution in [3.63, 3.8) is 0 Å². The minimum atomic E-state index is 0. The Labute approximate surface area is 95.7 Å². The van der Waals surface area contributed by atoms with Gasteiger partial charge >= 0.3 is 0 Å². The monoisotopic (exact) mass is 220 g/mol. The van der Waals surface area contributed by atoms with Gasteiger partial charge in [-0.25, -0.2) is 4.98 Å². The molecule has 78 valence electrons. The Morgan fingerprint density at radius 2 is 2.00 bits per heavy atom. The zero-order valence-corrected chi connectivity index (χ0v) is 9.15. The van der Waals surface area contributed by atoms with E-state index in [2.05, 4.69) is 23.7 Å². The van der Waals surface area contributed by atoms with E-state index in [1.807, 2.05) is 29.0 Å². The molecule has 0 aliphatic heterocycles. The zero-order valence-electron chi connectivity index (χ0n) is 8.34. The lowest BCUT2D eigenvalue weighted by atomic mass is 10.1. The van der Waals surface area contributed by atoms with E-state index in [9.17, 15) is 0 Å². The van der Waals surface area contributed by atoms with E-state index in [0.717, 1.165) is 12.1 Å². The van der Waals surface area contributed by atoms with E-state index in [0.29, 0.717) is 0 Å². The second kappa shape index (κ2) is 5.37. The number of halogens is 1. The number of rotatable bonds is 3. The SMILES string of the molecule is C=C(Cc1ccccc1)n1ccnc1.Cl. The highest BCUT2D eigenvalue weighted by atomic mass is 35.5. The summed E-state index contributed by atoms with van der Waals surface area (Å²) in [5.74, 6) is 0. The molecule has 0 amide bonds. The minimum absolute atomic E-state index is 0. The van der Waals surface area contributed by atoms with Crippen LogP contribution in [0.2, 0.25) is 0 Å². The fourth-order valence-corrected chi connectivity index (χ4v) is 1.37. The molecule has 0 N–H and O–H groups in total. The third-order valence-corrected chi connectivity index (χ3v) is 2.12. The highest BCUT2D eigenvalue weighted by Crippen LogP contribution is 2.09. The molecule has 0 spiro atoms. The number of allylic oxidation sites excluding steroid dienone is 1. The van der Waals surface area contributed by atoms with Gasteiger partial charge in [-0.1, -0.05) is 36.9 Å². The average molecular weight is 221 g/mol. The molecule has 0 saturated heterocycles. The van der Waals surface area contributed by atoms with Crippen LogP contribution in [-0.4, -0.2) is 9.55 Å². The van der Waals surface area contributed by atoms with Crippen molar-refractivity contribution in [3.05, 3.63) is 61.2 Å². The van der Waals surface area contributed by atoms with Crippen LogP contribution in [0.25, 0.3) is 5.70 Å². The maximum absolute atomic E-state index is 4.02. The summed E-state index contributed by atoms with van der Waals surface area (Å²) < 4.78 is 1.94. The summed E-state index contributed by atoms with van der Waals surface area (Å²) in [5, 5.41) is 0. The fraction of sp³-hybridized carbons (Fsp3) is 0.0833. The first-order valence-corrected chi connectivity index (χ1v) is 4.56. The van der Waals surface area contributed by atoms with Gasteiger partial charge in [0.25, 0.3) is 0 Å². The summed E-state index contributed by atoms with van der Waals surface area (Å²) in [6.07, 6.45) is 6.30. The van der Waals surface area contributed by atoms with Gasteiger partial charge in [0.2, 0.25) is 0 Å². The van der Waals surface area contributed by atoms with Crippen LogP contribution in [0.1, 0.15) is 5.56 Å². The van der Waals surface area contributed by atoms with Gasteiger partial charge in [-0.3, -0.25) is 0 Å². The van der Waals surface area contributed by atoms with Crippen molar-refractivity contribution in [1.82, 2.24) is 9.55 Å². The van der Waals surface area contributed by atoms with Crippen molar-refractivity contribution < 1.29 is 0 Å². The standard InChI is InChI=1S/C12H12N2.ClH/c1-11(14-8-7-13-10-14)9-12-5-3-2-4-6-12;/h2-8,10H,1,9H2;1H. The van der Waals surface area contributed by atoms with Crippen LogP contribution in [0, 0.1) is 0 Å². The molecule has 0 saturated carbocycles. The maximum Gasteiger partial charge on any atom is 0.0989 e. The van der Waals surface area contributed by atoms with Crippen molar-refractivity contribution >= 4 is 18.1 Å². The number of hydrogen-bond acceptors (Lipinski definition) is 1. The van der Waals surface area contributed by atoms with Gasteiger partial charge < -0.3 is 4.57 Å². The molecule has 2 nitrogen and oxygen atoms in total.